The third-order valence-corrected chi connectivity index (χ3v) is 4.72. The van der Waals surface area contributed by atoms with Gasteiger partial charge in [-0.1, -0.05) is 11.6 Å². The molecule has 2 unspecified atom stereocenters. The number of methoxy groups -OCH3 is 1. The summed E-state index contributed by atoms with van der Waals surface area (Å²) < 4.78 is 97.2. The van der Waals surface area contributed by atoms with Gasteiger partial charge in [0.2, 0.25) is 0 Å². The Labute approximate surface area is 182 Å². The summed E-state index contributed by atoms with van der Waals surface area (Å²) in [6.07, 6.45) is -12.9. The van der Waals surface area contributed by atoms with Crippen molar-refractivity contribution < 1.29 is 45.4 Å². The van der Waals surface area contributed by atoms with E-state index in [0.29, 0.717) is 12.1 Å². The lowest BCUT2D eigenvalue weighted by Crippen LogP contribution is -2.51. The number of esters is 1. The number of carbonyl (C=O) groups excluding carboxylic acids is 1. The van der Waals surface area contributed by atoms with Gasteiger partial charge in [-0.05, 0) is 35.9 Å². The fourth-order valence-electron chi connectivity index (χ4n) is 2.90. The summed E-state index contributed by atoms with van der Waals surface area (Å²) >= 11 is 5.77. The molecule has 0 aliphatic rings. The minimum absolute atomic E-state index is 0.0752. The number of alkyl halides is 6. The highest BCUT2D eigenvalue weighted by Crippen LogP contribution is 2.38. The zero-order chi connectivity index (χ0) is 24.3. The highest BCUT2D eigenvalue weighted by Gasteiger charge is 2.44. The fourth-order valence-corrected chi connectivity index (χ4v) is 3.01. The molecule has 0 aliphatic carbocycles. The predicted molar refractivity (Wildman–Crippen MR) is 98.1 cm³/mol. The summed E-state index contributed by atoms with van der Waals surface area (Å²) in [7, 11) is 0.944. The summed E-state index contributed by atoms with van der Waals surface area (Å²) in [5.41, 5.74) is -4.53. The van der Waals surface area contributed by atoms with E-state index in [-0.39, 0.29) is 16.8 Å². The highest BCUT2D eigenvalue weighted by atomic mass is 35.5. The maximum absolute atomic E-state index is 14.2. The van der Waals surface area contributed by atoms with Crippen LogP contribution < -0.4 is 5.32 Å². The van der Waals surface area contributed by atoms with Gasteiger partial charge in [0.15, 0.2) is 6.10 Å². The first-order valence-corrected chi connectivity index (χ1v) is 9.14. The van der Waals surface area contributed by atoms with Gasteiger partial charge in [0.05, 0.1) is 35.3 Å². The topological polar surface area (TPSA) is 71.5 Å². The average Bonchev–Trinajstić information content (AvgIpc) is 2.69. The molecule has 13 heteroatoms. The number of halogens is 8. The van der Waals surface area contributed by atoms with Crippen LogP contribution in [0.25, 0.3) is 0 Å². The van der Waals surface area contributed by atoms with E-state index in [9.17, 15) is 40.6 Å². The molecule has 32 heavy (non-hydrogen) atoms. The van der Waals surface area contributed by atoms with Crippen molar-refractivity contribution >= 4 is 17.6 Å². The van der Waals surface area contributed by atoms with E-state index in [0.717, 1.165) is 19.4 Å². The van der Waals surface area contributed by atoms with Crippen molar-refractivity contribution in [1.29, 1.82) is 0 Å². The molecule has 2 rings (SSSR count). The highest BCUT2D eigenvalue weighted by molar-refractivity contribution is 6.30. The lowest BCUT2D eigenvalue weighted by Gasteiger charge is -2.35. The van der Waals surface area contributed by atoms with Crippen LogP contribution in [0, 0.1) is 5.82 Å². The van der Waals surface area contributed by atoms with Crippen LogP contribution in [0.3, 0.4) is 0 Å². The lowest BCUT2D eigenvalue weighted by atomic mass is 9.81. The van der Waals surface area contributed by atoms with Crippen LogP contribution >= 0.6 is 11.6 Å². The molecule has 1 heterocycles. The number of pyridine rings is 1. The second kappa shape index (κ2) is 9.59. The summed E-state index contributed by atoms with van der Waals surface area (Å²) in [6.45, 7) is -1.26. The van der Waals surface area contributed by atoms with Crippen molar-refractivity contribution in [3.63, 3.8) is 0 Å². The normalized spacial score (nSPS) is 15.2. The predicted octanol–water partition coefficient (Wildman–Crippen LogP) is 4.21. The van der Waals surface area contributed by atoms with Crippen molar-refractivity contribution in [2.45, 2.75) is 30.4 Å². The van der Waals surface area contributed by atoms with Crippen molar-refractivity contribution in [3.05, 3.63) is 64.2 Å². The molecule has 0 amide bonds. The van der Waals surface area contributed by atoms with Gasteiger partial charge in [-0.3, -0.25) is 15.1 Å². The minimum Gasteiger partial charge on any atom is -0.469 e. The molecule has 1 aromatic carbocycles. The molecule has 0 radical (unpaired) electrons. The number of benzene rings is 1. The molecule has 5 nitrogen and oxygen atoms in total. The van der Waals surface area contributed by atoms with Crippen LogP contribution in [0.2, 0.25) is 5.02 Å². The van der Waals surface area contributed by atoms with Crippen molar-refractivity contribution in [2.75, 3.05) is 13.7 Å². The largest absolute Gasteiger partial charge is 0.469 e. The molecule has 2 N–H and O–H groups in total. The molecule has 1 aromatic heterocycles. The number of aromatic nitrogens is 1. The van der Waals surface area contributed by atoms with E-state index in [4.69, 9.17) is 11.6 Å². The third-order valence-electron chi connectivity index (χ3n) is 4.49. The monoisotopic (exact) mass is 488 g/mol. The number of hydrogen-bond acceptors (Lipinski definition) is 5. The second-order valence-corrected chi connectivity index (χ2v) is 7.12. The molecule has 176 valence electrons. The first-order valence-electron chi connectivity index (χ1n) is 8.76. The molecule has 0 saturated heterocycles. The van der Waals surface area contributed by atoms with Gasteiger partial charge in [-0.15, -0.1) is 0 Å². The average molecular weight is 489 g/mol. The lowest BCUT2D eigenvalue weighted by molar-refractivity contribution is -0.202. The number of ether oxygens (including phenoxy) is 1. The molecule has 0 bridgehead atoms. The van der Waals surface area contributed by atoms with Gasteiger partial charge >= 0.3 is 18.3 Å². The molecule has 0 saturated carbocycles. The molecule has 0 spiro atoms. The van der Waals surface area contributed by atoms with Gasteiger partial charge in [0.1, 0.15) is 5.82 Å². The van der Waals surface area contributed by atoms with E-state index in [1.807, 2.05) is 0 Å². The van der Waals surface area contributed by atoms with Gasteiger partial charge in [-0.25, -0.2) is 4.39 Å². The number of nitrogens with one attached hydrogen (secondary N) is 1. The molecular formula is C19H16ClF7N2O3. The first kappa shape index (κ1) is 25.8. The number of hydrogen-bond donors (Lipinski definition) is 2. The zero-order valence-corrected chi connectivity index (χ0v) is 16.9. The Balaban J connectivity index is 2.76. The van der Waals surface area contributed by atoms with Gasteiger partial charge < -0.3 is 9.84 Å². The number of rotatable bonds is 7. The van der Waals surface area contributed by atoms with Crippen LogP contribution in [0.5, 0.6) is 0 Å². The third kappa shape index (κ3) is 6.08. The Morgan fingerprint density at radius 3 is 2.28 bits per heavy atom. The standard InChI is InChI=1S/C19H16ClF7N2O3/c1-32-16(31)7-17(14-3-2-12(20)8-28-14,29-9-15(30)19(25,26)27)10-4-11(18(22,23)24)6-13(21)5-10/h2-6,8,15,29-30H,7,9H2,1H3. The number of aliphatic hydroxyl groups excluding tert-OH is 1. The van der Waals surface area contributed by atoms with E-state index in [2.05, 4.69) is 15.0 Å². The molecular weight excluding hydrogens is 473 g/mol. The Kier molecular flexibility index (Phi) is 7.74. The van der Waals surface area contributed by atoms with Crippen molar-refractivity contribution in [1.82, 2.24) is 10.3 Å². The maximum atomic E-state index is 14.2. The Morgan fingerprint density at radius 1 is 1.16 bits per heavy atom. The van der Waals surface area contributed by atoms with Crippen LogP contribution in [-0.4, -0.2) is 42.0 Å². The summed E-state index contributed by atoms with van der Waals surface area (Å²) in [4.78, 5) is 16.0. The van der Waals surface area contributed by atoms with Crippen LogP contribution in [0.4, 0.5) is 30.7 Å². The van der Waals surface area contributed by atoms with Crippen LogP contribution in [-0.2, 0) is 21.2 Å². The molecule has 2 aromatic rings. The van der Waals surface area contributed by atoms with Crippen molar-refractivity contribution in [3.8, 4) is 0 Å². The Bertz CT molecular complexity index is 951. The van der Waals surface area contributed by atoms with E-state index in [1.54, 1.807) is 0 Å². The quantitative estimate of drug-likeness (QED) is 0.451. The SMILES string of the molecule is COC(=O)CC(NCC(O)C(F)(F)F)(c1cc(F)cc(C(F)(F)F)c1)c1ccc(Cl)cn1. The summed E-state index contributed by atoms with van der Waals surface area (Å²) in [5.74, 6) is -2.43. The molecule has 2 atom stereocenters. The molecule has 0 aliphatic heterocycles. The number of carbonyl (C=O) groups is 1. The summed E-state index contributed by atoms with van der Waals surface area (Å²) in [5, 5.41) is 11.7. The minimum atomic E-state index is -5.09. The molecule has 0 fully saturated rings. The first-order chi connectivity index (χ1) is 14.7. The Morgan fingerprint density at radius 2 is 1.78 bits per heavy atom. The van der Waals surface area contributed by atoms with Crippen molar-refractivity contribution in [2.24, 2.45) is 0 Å². The zero-order valence-electron chi connectivity index (χ0n) is 16.2. The Hall–Kier alpha value is -2.44. The number of aliphatic hydroxyl groups is 1. The summed E-state index contributed by atoms with van der Waals surface area (Å²) in [6, 6.07) is 3.63. The van der Waals surface area contributed by atoms with Gasteiger partial charge in [-0.2, -0.15) is 26.3 Å². The van der Waals surface area contributed by atoms with Gasteiger partial charge in [0.25, 0.3) is 0 Å². The van der Waals surface area contributed by atoms with Crippen LogP contribution in [0.1, 0.15) is 23.2 Å². The second-order valence-electron chi connectivity index (χ2n) is 6.68. The van der Waals surface area contributed by atoms with E-state index >= 15 is 0 Å². The smallest absolute Gasteiger partial charge is 0.416 e. The fraction of sp³-hybridized carbons (Fsp3) is 0.368. The van der Waals surface area contributed by atoms with Crippen LogP contribution in [0.15, 0.2) is 36.5 Å². The van der Waals surface area contributed by atoms with E-state index < -0.39 is 59.9 Å². The van der Waals surface area contributed by atoms with E-state index in [1.165, 1.54) is 6.07 Å². The van der Waals surface area contributed by atoms with Gasteiger partial charge in [0, 0.05) is 12.7 Å². The number of nitrogens with zero attached hydrogens (tertiary/aromatic N) is 1. The maximum Gasteiger partial charge on any atom is 0.416 e.